The SMILES string of the molecule is C[C@@H]1CNC[C@@H](Nc2c3c(nc4ccnn24)C2(CC3)CC2)C1.Cl. The van der Waals surface area contributed by atoms with E-state index in [2.05, 4.69) is 22.7 Å². The van der Waals surface area contributed by atoms with E-state index in [-0.39, 0.29) is 12.4 Å². The van der Waals surface area contributed by atoms with Crippen LogP contribution in [0.5, 0.6) is 0 Å². The fourth-order valence-corrected chi connectivity index (χ4v) is 4.38. The fraction of sp³-hybridized carbons (Fsp3) is 0.647. The normalized spacial score (nSPS) is 27.7. The van der Waals surface area contributed by atoms with Crippen LogP contribution in [0.2, 0.25) is 0 Å². The lowest BCUT2D eigenvalue weighted by Crippen LogP contribution is -2.43. The number of hydrogen-bond acceptors (Lipinski definition) is 4. The van der Waals surface area contributed by atoms with Crippen molar-refractivity contribution in [2.24, 2.45) is 5.92 Å². The van der Waals surface area contributed by atoms with Gasteiger partial charge < -0.3 is 10.6 Å². The van der Waals surface area contributed by atoms with Crippen LogP contribution in [-0.4, -0.2) is 33.7 Å². The molecule has 0 radical (unpaired) electrons. The molecule has 5 rings (SSSR count). The van der Waals surface area contributed by atoms with Crippen molar-refractivity contribution in [2.45, 2.75) is 50.5 Å². The molecule has 2 aromatic rings. The second kappa shape index (κ2) is 5.35. The average molecular weight is 334 g/mol. The minimum absolute atomic E-state index is 0. The van der Waals surface area contributed by atoms with Crippen LogP contribution in [0.25, 0.3) is 5.65 Å². The summed E-state index contributed by atoms with van der Waals surface area (Å²) in [5.41, 5.74) is 4.19. The van der Waals surface area contributed by atoms with Crippen LogP contribution < -0.4 is 10.6 Å². The predicted molar refractivity (Wildman–Crippen MR) is 93.5 cm³/mol. The lowest BCUT2D eigenvalue weighted by Gasteiger charge is -2.30. The molecule has 6 heteroatoms. The zero-order valence-corrected chi connectivity index (χ0v) is 14.3. The molecule has 2 aliphatic carbocycles. The molecule has 2 atom stereocenters. The Morgan fingerprint density at radius 2 is 2.17 bits per heavy atom. The van der Waals surface area contributed by atoms with Gasteiger partial charge in [0.15, 0.2) is 5.65 Å². The van der Waals surface area contributed by atoms with Gasteiger partial charge in [-0.3, -0.25) is 0 Å². The average Bonchev–Trinajstić information content (AvgIpc) is 2.99. The van der Waals surface area contributed by atoms with E-state index >= 15 is 0 Å². The van der Waals surface area contributed by atoms with E-state index in [1.54, 1.807) is 0 Å². The van der Waals surface area contributed by atoms with E-state index in [1.165, 1.54) is 42.8 Å². The number of fused-ring (bicyclic) bond motifs is 3. The molecule has 2 aromatic heterocycles. The number of aromatic nitrogens is 3. The molecular weight excluding hydrogens is 310 g/mol. The van der Waals surface area contributed by atoms with Crippen molar-refractivity contribution in [3.63, 3.8) is 0 Å². The topological polar surface area (TPSA) is 54.2 Å². The van der Waals surface area contributed by atoms with Crippen molar-refractivity contribution in [1.29, 1.82) is 0 Å². The smallest absolute Gasteiger partial charge is 0.157 e. The van der Waals surface area contributed by atoms with E-state index < -0.39 is 0 Å². The van der Waals surface area contributed by atoms with Crippen molar-refractivity contribution >= 4 is 23.9 Å². The molecule has 3 aliphatic rings. The third kappa shape index (κ3) is 2.32. The Bertz CT molecular complexity index is 736. The first-order valence-corrected chi connectivity index (χ1v) is 8.59. The molecule has 124 valence electrons. The highest BCUT2D eigenvalue weighted by atomic mass is 35.5. The monoisotopic (exact) mass is 333 g/mol. The first kappa shape index (κ1) is 15.2. The summed E-state index contributed by atoms with van der Waals surface area (Å²) >= 11 is 0. The van der Waals surface area contributed by atoms with Gasteiger partial charge in [-0.2, -0.15) is 9.61 Å². The van der Waals surface area contributed by atoms with Crippen molar-refractivity contribution < 1.29 is 0 Å². The van der Waals surface area contributed by atoms with E-state index in [1.807, 2.05) is 16.8 Å². The van der Waals surface area contributed by atoms with Gasteiger partial charge in [-0.15, -0.1) is 12.4 Å². The van der Waals surface area contributed by atoms with Crippen LogP contribution in [0, 0.1) is 5.92 Å². The molecule has 23 heavy (non-hydrogen) atoms. The van der Waals surface area contributed by atoms with Gasteiger partial charge in [0, 0.05) is 29.6 Å². The molecule has 1 aliphatic heterocycles. The zero-order valence-electron chi connectivity index (χ0n) is 13.5. The van der Waals surface area contributed by atoms with Gasteiger partial charge in [-0.25, -0.2) is 4.98 Å². The highest BCUT2D eigenvalue weighted by Gasteiger charge is 2.51. The third-order valence-electron chi connectivity index (χ3n) is 5.75. The number of nitrogens with one attached hydrogen (secondary N) is 2. The van der Waals surface area contributed by atoms with Gasteiger partial charge in [0.2, 0.25) is 0 Å². The van der Waals surface area contributed by atoms with E-state index in [4.69, 9.17) is 4.98 Å². The molecule has 2 fully saturated rings. The molecule has 3 heterocycles. The number of rotatable bonds is 2. The second-order valence-corrected chi connectivity index (χ2v) is 7.51. The summed E-state index contributed by atoms with van der Waals surface area (Å²) < 4.78 is 2.01. The van der Waals surface area contributed by atoms with Crippen molar-refractivity contribution in [3.8, 4) is 0 Å². The summed E-state index contributed by atoms with van der Waals surface area (Å²) in [6.07, 6.45) is 8.15. The minimum atomic E-state index is 0. The number of anilines is 1. The first-order chi connectivity index (χ1) is 10.8. The van der Waals surface area contributed by atoms with Gasteiger partial charge in [-0.1, -0.05) is 6.92 Å². The maximum Gasteiger partial charge on any atom is 0.157 e. The third-order valence-corrected chi connectivity index (χ3v) is 5.75. The molecule has 0 aromatic carbocycles. The summed E-state index contributed by atoms with van der Waals surface area (Å²) in [6, 6.07) is 2.51. The van der Waals surface area contributed by atoms with Crippen molar-refractivity contribution in [3.05, 3.63) is 23.5 Å². The first-order valence-electron chi connectivity index (χ1n) is 8.59. The molecule has 5 nitrogen and oxygen atoms in total. The summed E-state index contributed by atoms with van der Waals surface area (Å²) in [7, 11) is 0. The number of hydrogen-bond donors (Lipinski definition) is 2. The molecule has 1 spiro atoms. The van der Waals surface area contributed by atoms with Crippen LogP contribution in [0.15, 0.2) is 12.3 Å². The summed E-state index contributed by atoms with van der Waals surface area (Å²) in [5.74, 6) is 1.93. The molecule has 1 saturated heterocycles. The maximum absolute atomic E-state index is 4.94. The minimum Gasteiger partial charge on any atom is -0.366 e. The molecule has 1 saturated carbocycles. The molecule has 0 amide bonds. The molecule has 0 unspecified atom stereocenters. The Kier molecular flexibility index (Phi) is 3.54. The Morgan fingerprint density at radius 3 is 2.96 bits per heavy atom. The largest absolute Gasteiger partial charge is 0.366 e. The van der Waals surface area contributed by atoms with Crippen LogP contribution in [0.3, 0.4) is 0 Å². The molecular formula is C17H24ClN5. The lowest BCUT2D eigenvalue weighted by atomic mass is 9.97. The predicted octanol–water partition coefficient (Wildman–Crippen LogP) is 2.54. The summed E-state index contributed by atoms with van der Waals surface area (Å²) in [5, 5.41) is 11.9. The van der Waals surface area contributed by atoms with Crippen LogP contribution in [0.4, 0.5) is 5.82 Å². The van der Waals surface area contributed by atoms with Gasteiger partial charge in [0.1, 0.15) is 5.82 Å². The number of halogens is 1. The quantitative estimate of drug-likeness (QED) is 0.886. The fourth-order valence-electron chi connectivity index (χ4n) is 4.38. The molecule has 2 N–H and O–H groups in total. The van der Waals surface area contributed by atoms with Crippen molar-refractivity contribution in [1.82, 2.24) is 19.9 Å². The van der Waals surface area contributed by atoms with Gasteiger partial charge in [0.05, 0.1) is 11.9 Å². The maximum atomic E-state index is 4.94. The summed E-state index contributed by atoms with van der Waals surface area (Å²) in [6.45, 7) is 4.49. The van der Waals surface area contributed by atoms with Gasteiger partial charge in [0.25, 0.3) is 0 Å². The van der Waals surface area contributed by atoms with Crippen LogP contribution in [-0.2, 0) is 11.8 Å². The van der Waals surface area contributed by atoms with Gasteiger partial charge in [-0.05, 0) is 44.6 Å². The van der Waals surface area contributed by atoms with Gasteiger partial charge >= 0.3 is 0 Å². The highest BCUT2D eigenvalue weighted by molar-refractivity contribution is 5.85. The Hall–Kier alpha value is -1.33. The number of piperidine rings is 1. The Balaban J connectivity index is 0.00000135. The zero-order chi connectivity index (χ0) is 14.7. The Labute approximate surface area is 142 Å². The van der Waals surface area contributed by atoms with E-state index in [9.17, 15) is 0 Å². The Morgan fingerprint density at radius 1 is 1.30 bits per heavy atom. The standard InChI is InChI=1S/C17H23N5.ClH/c1-11-8-12(10-18-9-11)20-16-13-2-4-17(5-6-17)15(13)21-14-3-7-19-22(14)16;/h3,7,11-12,18,20H,2,4-6,8-10H2,1H3;1H/t11-,12-;/m0./s1. The lowest BCUT2D eigenvalue weighted by molar-refractivity contribution is 0.377. The summed E-state index contributed by atoms with van der Waals surface area (Å²) in [4.78, 5) is 4.94. The van der Waals surface area contributed by atoms with Crippen molar-refractivity contribution in [2.75, 3.05) is 18.4 Å². The highest BCUT2D eigenvalue weighted by Crippen LogP contribution is 2.57. The molecule has 0 bridgehead atoms. The van der Waals surface area contributed by atoms with E-state index in [0.29, 0.717) is 11.5 Å². The van der Waals surface area contributed by atoms with Crippen LogP contribution in [0.1, 0.15) is 43.9 Å². The number of nitrogens with zero attached hydrogens (tertiary/aromatic N) is 3. The second-order valence-electron chi connectivity index (χ2n) is 7.51. The van der Waals surface area contributed by atoms with E-state index in [0.717, 1.165) is 31.1 Å². The van der Waals surface area contributed by atoms with Crippen LogP contribution >= 0.6 is 12.4 Å².